The third-order valence-corrected chi connectivity index (χ3v) is 2.79. The number of nitrogen functional groups attached to an aromatic ring is 1. The van der Waals surface area contributed by atoms with Gasteiger partial charge in [0.2, 0.25) is 0 Å². The number of anilines is 1. The van der Waals surface area contributed by atoms with Crippen LogP contribution in [0.2, 0.25) is 0 Å². The standard InChI is InChI=1S/C13H11N3O/c14-9-6-10(8-4-2-1-3-5-8)12-11(7-9)13(17)16-15-12/h1-7H,14H2,(H2,15,16,17). The summed E-state index contributed by atoms with van der Waals surface area (Å²) in [6, 6.07) is 13.4. The maximum atomic E-state index is 11.6. The van der Waals surface area contributed by atoms with Crippen LogP contribution in [0.1, 0.15) is 0 Å². The lowest BCUT2D eigenvalue weighted by atomic mass is 10.0. The van der Waals surface area contributed by atoms with E-state index in [4.69, 9.17) is 5.73 Å². The SMILES string of the molecule is Nc1cc(-c2ccccc2)c2[nH][nH]c(=O)c2c1. The van der Waals surface area contributed by atoms with E-state index in [9.17, 15) is 4.79 Å². The Morgan fingerprint density at radius 1 is 1.00 bits per heavy atom. The summed E-state index contributed by atoms with van der Waals surface area (Å²) in [7, 11) is 0. The zero-order chi connectivity index (χ0) is 11.8. The van der Waals surface area contributed by atoms with Crippen LogP contribution in [0.4, 0.5) is 5.69 Å². The molecule has 0 aliphatic carbocycles. The summed E-state index contributed by atoms with van der Waals surface area (Å²) < 4.78 is 0. The lowest BCUT2D eigenvalue weighted by molar-refractivity contribution is 1.08. The molecule has 4 N–H and O–H groups in total. The molecule has 84 valence electrons. The quantitative estimate of drug-likeness (QED) is 0.555. The number of nitrogens with one attached hydrogen (secondary N) is 2. The summed E-state index contributed by atoms with van der Waals surface area (Å²) in [5, 5.41) is 6.05. The highest BCUT2D eigenvalue weighted by Gasteiger charge is 2.09. The fourth-order valence-electron chi connectivity index (χ4n) is 2.01. The fraction of sp³-hybridized carbons (Fsp3) is 0. The number of fused-ring (bicyclic) bond motifs is 1. The van der Waals surface area contributed by atoms with Crippen LogP contribution in [0.5, 0.6) is 0 Å². The van der Waals surface area contributed by atoms with E-state index in [1.54, 1.807) is 6.07 Å². The van der Waals surface area contributed by atoms with E-state index in [1.807, 2.05) is 36.4 Å². The molecule has 17 heavy (non-hydrogen) atoms. The van der Waals surface area contributed by atoms with E-state index in [2.05, 4.69) is 10.2 Å². The fourth-order valence-corrected chi connectivity index (χ4v) is 2.01. The number of H-pyrrole nitrogens is 2. The minimum atomic E-state index is -0.149. The molecule has 3 aromatic rings. The van der Waals surface area contributed by atoms with Gasteiger partial charge in [0.25, 0.3) is 5.56 Å². The van der Waals surface area contributed by atoms with Crippen LogP contribution in [0, 0.1) is 0 Å². The van der Waals surface area contributed by atoms with Crippen LogP contribution in [0.25, 0.3) is 22.0 Å². The van der Waals surface area contributed by atoms with Gasteiger partial charge in [-0.1, -0.05) is 30.3 Å². The van der Waals surface area contributed by atoms with Gasteiger partial charge in [-0.05, 0) is 17.7 Å². The first-order chi connectivity index (χ1) is 8.25. The smallest absolute Gasteiger partial charge is 0.271 e. The second kappa shape index (κ2) is 3.52. The molecule has 0 unspecified atom stereocenters. The second-order valence-corrected chi connectivity index (χ2v) is 3.94. The highest BCUT2D eigenvalue weighted by Crippen LogP contribution is 2.27. The van der Waals surface area contributed by atoms with Gasteiger partial charge in [-0.25, -0.2) is 0 Å². The number of aromatic amines is 2. The van der Waals surface area contributed by atoms with Gasteiger partial charge in [0.05, 0.1) is 10.9 Å². The van der Waals surface area contributed by atoms with Crippen LogP contribution >= 0.6 is 0 Å². The molecular formula is C13H11N3O. The molecule has 0 spiro atoms. The number of hydrogen-bond acceptors (Lipinski definition) is 2. The average molecular weight is 225 g/mol. The van der Waals surface area contributed by atoms with Crippen LogP contribution in [-0.2, 0) is 0 Å². The first-order valence-corrected chi connectivity index (χ1v) is 5.31. The molecule has 1 heterocycles. The average Bonchev–Trinajstić information content (AvgIpc) is 2.72. The minimum Gasteiger partial charge on any atom is -0.399 e. The Morgan fingerprint density at radius 3 is 2.53 bits per heavy atom. The van der Waals surface area contributed by atoms with Gasteiger partial charge >= 0.3 is 0 Å². The van der Waals surface area contributed by atoms with Crippen molar-refractivity contribution in [2.75, 3.05) is 5.73 Å². The van der Waals surface area contributed by atoms with Crippen molar-refractivity contribution >= 4 is 16.6 Å². The summed E-state index contributed by atoms with van der Waals surface area (Å²) in [4.78, 5) is 11.6. The molecule has 0 saturated carbocycles. The predicted molar refractivity (Wildman–Crippen MR) is 68.8 cm³/mol. The molecular weight excluding hydrogens is 214 g/mol. The first kappa shape index (κ1) is 9.72. The van der Waals surface area contributed by atoms with Crippen molar-refractivity contribution < 1.29 is 0 Å². The molecule has 0 fully saturated rings. The maximum Gasteiger partial charge on any atom is 0.271 e. The summed E-state index contributed by atoms with van der Waals surface area (Å²) in [5.41, 5.74) is 9.00. The van der Waals surface area contributed by atoms with E-state index in [1.165, 1.54) is 0 Å². The van der Waals surface area contributed by atoms with Gasteiger partial charge in [0.15, 0.2) is 0 Å². The normalized spacial score (nSPS) is 10.8. The zero-order valence-corrected chi connectivity index (χ0v) is 9.03. The Balaban J connectivity index is 2.40. The summed E-state index contributed by atoms with van der Waals surface area (Å²) in [6.45, 7) is 0. The van der Waals surface area contributed by atoms with E-state index >= 15 is 0 Å². The van der Waals surface area contributed by atoms with E-state index in [0.29, 0.717) is 11.1 Å². The number of hydrogen-bond donors (Lipinski definition) is 3. The second-order valence-electron chi connectivity index (χ2n) is 3.94. The van der Waals surface area contributed by atoms with Gasteiger partial charge in [-0.15, -0.1) is 0 Å². The molecule has 2 aromatic carbocycles. The van der Waals surface area contributed by atoms with Gasteiger partial charge in [-0.3, -0.25) is 15.0 Å². The van der Waals surface area contributed by atoms with Crippen molar-refractivity contribution in [3.05, 3.63) is 52.8 Å². The molecule has 4 heteroatoms. The molecule has 1 aromatic heterocycles. The minimum absolute atomic E-state index is 0.149. The lowest BCUT2D eigenvalue weighted by Gasteiger charge is -2.04. The van der Waals surface area contributed by atoms with Crippen LogP contribution in [-0.4, -0.2) is 10.2 Å². The van der Waals surface area contributed by atoms with Crippen molar-refractivity contribution in [1.29, 1.82) is 0 Å². The number of aromatic nitrogens is 2. The molecule has 0 atom stereocenters. The zero-order valence-electron chi connectivity index (χ0n) is 9.03. The summed E-state index contributed by atoms with van der Waals surface area (Å²) in [5.74, 6) is 0. The largest absolute Gasteiger partial charge is 0.399 e. The van der Waals surface area contributed by atoms with E-state index < -0.39 is 0 Å². The van der Waals surface area contributed by atoms with Crippen molar-refractivity contribution in [2.24, 2.45) is 0 Å². The van der Waals surface area contributed by atoms with Crippen molar-refractivity contribution in [1.82, 2.24) is 10.2 Å². The topological polar surface area (TPSA) is 74.7 Å². The molecule has 0 bridgehead atoms. The Kier molecular flexibility index (Phi) is 2.01. The monoisotopic (exact) mass is 225 g/mol. The van der Waals surface area contributed by atoms with Gasteiger partial charge in [-0.2, -0.15) is 0 Å². The number of benzene rings is 2. The third kappa shape index (κ3) is 1.50. The van der Waals surface area contributed by atoms with Gasteiger partial charge in [0.1, 0.15) is 0 Å². The number of nitrogens with two attached hydrogens (primary N) is 1. The lowest BCUT2D eigenvalue weighted by Crippen LogP contribution is -1.98. The van der Waals surface area contributed by atoms with Crippen LogP contribution in [0.3, 0.4) is 0 Å². The molecule has 4 nitrogen and oxygen atoms in total. The molecule has 0 radical (unpaired) electrons. The molecule has 0 amide bonds. The molecule has 0 aliphatic rings. The van der Waals surface area contributed by atoms with Gasteiger partial charge in [0, 0.05) is 11.3 Å². The Labute approximate surface area is 97.1 Å². The van der Waals surface area contributed by atoms with E-state index in [0.717, 1.165) is 16.6 Å². The summed E-state index contributed by atoms with van der Waals surface area (Å²) in [6.07, 6.45) is 0. The van der Waals surface area contributed by atoms with Gasteiger partial charge < -0.3 is 5.73 Å². The highest BCUT2D eigenvalue weighted by atomic mass is 16.1. The third-order valence-electron chi connectivity index (χ3n) is 2.79. The Hall–Kier alpha value is -2.49. The maximum absolute atomic E-state index is 11.6. The number of rotatable bonds is 1. The van der Waals surface area contributed by atoms with Crippen molar-refractivity contribution in [3.8, 4) is 11.1 Å². The predicted octanol–water partition coefficient (Wildman–Crippen LogP) is 2.11. The van der Waals surface area contributed by atoms with Crippen molar-refractivity contribution in [2.45, 2.75) is 0 Å². The molecule has 3 rings (SSSR count). The molecule has 0 aliphatic heterocycles. The van der Waals surface area contributed by atoms with Crippen LogP contribution in [0.15, 0.2) is 47.3 Å². The van der Waals surface area contributed by atoms with E-state index in [-0.39, 0.29) is 5.56 Å². The highest BCUT2D eigenvalue weighted by molar-refractivity contribution is 5.95. The Morgan fingerprint density at radius 2 is 1.76 bits per heavy atom. The molecule has 0 saturated heterocycles. The first-order valence-electron chi connectivity index (χ1n) is 5.31. The summed E-state index contributed by atoms with van der Waals surface area (Å²) >= 11 is 0. The van der Waals surface area contributed by atoms with Crippen molar-refractivity contribution in [3.63, 3.8) is 0 Å². The van der Waals surface area contributed by atoms with Crippen LogP contribution < -0.4 is 11.3 Å². The Bertz CT molecular complexity index is 725.